The molecule has 0 aliphatic heterocycles. The standard InChI is InChI=1S/C22H34O4/c1-4-5-6-7-8-9-10-15-25-21(23)19-12-11-13-20(17-19)22(24)26-16-14-18(2)3/h11-13,17-18H,4-10,14-16H2,1-3H3. The molecule has 0 aromatic heterocycles. The van der Waals surface area contributed by atoms with Gasteiger partial charge in [-0.05, 0) is 37.0 Å². The van der Waals surface area contributed by atoms with Crippen LogP contribution < -0.4 is 0 Å². The van der Waals surface area contributed by atoms with E-state index < -0.39 is 5.97 Å². The van der Waals surface area contributed by atoms with Gasteiger partial charge in [-0.2, -0.15) is 0 Å². The highest BCUT2D eigenvalue weighted by Gasteiger charge is 2.12. The molecule has 1 aromatic carbocycles. The van der Waals surface area contributed by atoms with Crippen molar-refractivity contribution >= 4 is 11.9 Å². The van der Waals surface area contributed by atoms with Gasteiger partial charge in [0.1, 0.15) is 0 Å². The zero-order valence-electron chi connectivity index (χ0n) is 16.6. The minimum absolute atomic E-state index is 0.382. The molecule has 4 heteroatoms. The van der Waals surface area contributed by atoms with Crippen LogP contribution in [0, 0.1) is 5.92 Å². The second-order valence-electron chi connectivity index (χ2n) is 7.16. The first-order chi connectivity index (χ1) is 12.5. The van der Waals surface area contributed by atoms with Crippen molar-refractivity contribution in [2.24, 2.45) is 5.92 Å². The lowest BCUT2D eigenvalue weighted by molar-refractivity contribution is 0.0488. The first-order valence-electron chi connectivity index (χ1n) is 9.99. The zero-order chi connectivity index (χ0) is 19.2. The third-order valence-electron chi connectivity index (χ3n) is 4.24. The van der Waals surface area contributed by atoms with Crippen LogP contribution in [-0.2, 0) is 9.47 Å². The number of ether oxygens (including phenoxy) is 2. The summed E-state index contributed by atoms with van der Waals surface area (Å²) in [4.78, 5) is 24.2. The highest BCUT2D eigenvalue weighted by molar-refractivity contribution is 5.95. The smallest absolute Gasteiger partial charge is 0.338 e. The SMILES string of the molecule is CCCCCCCCCOC(=O)c1cccc(C(=O)OCCC(C)C)c1. The number of benzene rings is 1. The fraction of sp³-hybridized carbons (Fsp3) is 0.636. The maximum atomic E-state index is 12.1. The van der Waals surface area contributed by atoms with E-state index in [1.54, 1.807) is 24.3 Å². The van der Waals surface area contributed by atoms with Crippen LogP contribution in [0.3, 0.4) is 0 Å². The maximum absolute atomic E-state index is 12.1. The summed E-state index contributed by atoms with van der Waals surface area (Å²) in [6.07, 6.45) is 9.07. The molecule has 4 nitrogen and oxygen atoms in total. The number of hydrogen-bond acceptors (Lipinski definition) is 4. The first-order valence-corrected chi connectivity index (χ1v) is 9.99. The maximum Gasteiger partial charge on any atom is 0.338 e. The average molecular weight is 363 g/mol. The van der Waals surface area contributed by atoms with Gasteiger partial charge >= 0.3 is 11.9 Å². The van der Waals surface area contributed by atoms with Gasteiger partial charge in [-0.25, -0.2) is 9.59 Å². The molecule has 0 saturated heterocycles. The van der Waals surface area contributed by atoms with Gasteiger partial charge < -0.3 is 9.47 Å². The quantitative estimate of drug-likeness (QED) is 0.329. The van der Waals surface area contributed by atoms with Gasteiger partial charge in [0.2, 0.25) is 0 Å². The summed E-state index contributed by atoms with van der Waals surface area (Å²) in [7, 11) is 0. The average Bonchev–Trinajstić information content (AvgIpc) is 2.63. The Hall–Kier alpha value is -1.84. The molecule has 0 heterocycles. The minimum Gasteiger partial charge on any atom is -0.462 e. The van der Waals surface area contributed by atoms with Crippen molar-refractivity contribution in [1.29, 1.82) is 0 Å². The first kappa shape index (κ1) is 22.2. The van der Waals surface area contributed by atoms with Gasteiger partial charge in [-0.1, -0.05) is 65.4 Å². The molecule has 0 bridgehead atoms. The molecular weight excluding hydrogens is 328 g/mol. The minimum atomic E-state index is -0.396. The Balaban J connectivity index is 2.32. The van der Waals surface area contributed by atoms with Crippen LogP contribution in [0.5, 0.6) is 0 Å². The van der Waals surface area contributed by atoms with E-state index in [1.165, 1.54) is 32.1 Å². The Morgan fingerprint density at radius 2 is 1.38 bits per heavy atom. The summed E-state index contributed by atoms with van der Waals surface area (Å²) in [5, 5.41) is 0. The molecular formula is C22H34O4. The third-order valence-corrected chi connectivity index (χ3v) is 4.24. The Kier molecular flexibility index (Phi) is 11.4. The number of carbonyl (C=O) groups excluding carboxylic acids is 2. The fourth-order valence-corrected chi connectivity index (χ4v) is 2.55. The molecule has 146 valence electrons. The van der Waals surface area contributed by atoms with E-state index >= 15 is 0 Å². The molecule has 0 radical (unpaired) electrons. The molecule has 0 unspecified atom stereocenters. The van der Waals surface area contributed by atoms with E-state index in [9.17, 15) is 9.59 Å². The van der Waals surface area contributed by atoms with Crippen molar-refractivity contribution in [3.63, 3.8) is 0 Å². The molecule has 26 heavy (non-hydrogen) atoms. The van der Waals surface area contributed by atoms with E-state index in [0.717, 1.165) is 19.3 Å². The predicted molar refractivity (Wildman–Crippen MR) is 104 cm³/mol. The van der Waals surface area contributed by atoms with Crippen LogP contribution in [0.15, 0.2) is 24.3 Å². The largest absolute Gasteiger partial charge is 0.462 e. The summed E-state index contributed by atoms with van der Waals surface area (Å²) < 4.78 is 10.5. The molecule has 0 amide bonds. The lowest BCUT2D eigenvalue weighted by Gasteiger charge is -2.08. The summed E-state index contributed by atoms with van der Waals surface area (Å²) in [5.41, 5.74) is 0.783. The van der Waals surface area contributed by atoms with E-state index in [2.05, 4.69) is 20.8 Å². The Bertz CT molecular complexity index is 537. The van der Waals surface area contributed by atoms with E-state index in [-0.39, 0.29) is 5.97 Å². The van der Waals surface area contributed by atoms with Crippen molar-refractivity contribution < 1.29 is 19.1 Å². The van der Waals surface area contributed by atoms with Crippen LogP contribution in [0.2, 0.25) is 0 Å². The number of carbonyl (C=O) groups is 2. The fourth-order valence-electron chi connectivity index (χ4n) is 2.55. The molecule has 0 spiro atoms. The van der Waals surface area contributed by atoms with E-state index in [4.69, 9.17) is 9.47 Å². The Labute approximate surface area is 158 Å². The third kappa shape index (κ3) is 9.59. The molecule has 0 atom stereocenters. The number of rotatable bonds is 13. The number of unbranched alkanes of at least 4 members (excludes halogenated alkanes) is 6. The summed E-state index contributed by atoms with van der Waals surface area (Å²) in [6.45, 7) is 7.18. The van der Waals surface area contributed by atoms with Crippen molar-refractivity contribution in [3.8, 4) is 0 Å². The molecule has 0 fully saturated rings. The lowest BCUT2D eigenvalue weighted by Crippen LogP contribution is -2.11. The second-order valence-corrected chi connectivity index (χ2v) is 7.16. The number of hydrogen-bond donors (Lipinski definition) is 0. The normalized spacial score (nSPS) is 10.8. The molecule has 1 rings (SSSR count). The Morgan fingerprint density at radius 1 is 0.846 bits per heavy atom. The summed E-state index contributed by atoms with van der Waals surface area (Å²) >= 11 is 0. The second kappa shape index (κ2) is 13.4. The topological polar surface area (TPSA) is 52.6 Å². The van der Waals surface area contributed by atoms with Crippen molar-refractivity contribution in [2.45, 2.75) is 72.1 Å². The summed E-state index contributed by atoms with van der Waals surface area (Å²) in [6, 6.07) is 6.55. The highest BCUT2D eigenvalue weighted by atomic mass is 16.5. The molecule has 0 aliphatic rings. The summed E-state index contributed by atoms with van der Waals surface area (Å²) in [5.74, 6) is -0.295. The van der Waals surface area contributed by atoms with Gasteiger partial charge in [-0.15, -0.1) is 0 Å². The van der Waals surface area contributed by atoms with Gasteiger partial charge in [-0.3, -0.25) is 0 Å². The predicted octanol–water partition coefficient (Wildman–Crippen LogP) is 5.80. The van der Waals surface area contributed by atoms with E-state index in [1.807, 2.05) is 0 Å². The van der Waals surface area contributed by atoms with Crippen molar-refractivity contribution in [2.75, 3.05) is 13.2 Å². The van der Waals surface area contributed by atoms with Crippen LogP contribution in [0.4, 0.5) is 0 Å². The Morgan fingerprint density at radius 3 is 1.96 bits per heavy atom. The molecule has 0 N–H and O–H groups in total. The van der Waals surface area contributed by atoms with Crippen molar-refractivity contribution in [1.82, 2.24) is 0 Å². The molecule has 0 saturated carbocycles. The van der Waals surface area contributed by atoms with Crippen LogP contribution in [0.25, 0.3) is 0 Å². The van der Waals surface area contributed by atoms with Gasteiger partial charge in [0, 0.05) is 0 Å². The van der Waals surface area contributed by atoms with Gasteiger partial charge in [0.15, 0.2) is 0 Å². The molecule has 1 aromatic rings. The van der Waals surface area contributed by atoms with Crippen LogP contribution in [-0.4, -0.2) is 25.2 Å². The highest BCUT2D eigenvalue weighted by Crippen LogP contribution is 2.11. The lowest BCUT2D eigenvalue weighted by atomic mass is 10.1. The number of esters is 2. The zero-order valence-corrected chi connectivity index (χ0v) is 16.6. The van der Waals surface area contributed by atoms with Gasteiger partial charge in [0.05, 0.1) is 24.3 Å². The van der Waals surface area contributed by atoms with Crippen LogP contribution in [0.1, 0.15) is 92.9 Å². The van der Waals surface area contributed by atoms with E-state index in [0.29, 0.717) is 30.3 Å². The molecule has 0 aliphatic carbocycles. The van der Waals surface area contributed by atoms with Crippen LogP contribution >= 0.6 is 0 Å². The monoisotopic (exact) mass is 362 g/mol. The van der Waals surface area contributed by atoms with Gasteiger partial charge in [0.25, 0.3) is 0 Å². The van der Waals surface area contributed by atoms with Crippen molar-refractivity contribution in [3.05, 3.63) is 35.4 Å².